The first-order valence-electron chi connectivity index (χ1n) is 7.51. The Hall–Kier alpha value is -3.14. The van der Waals surface area contributed by atoms with Crippen LogP contribution in [-0.4, -0.2) is 32.6 Å². The summed E-state index contributed by atoms with van der Waals surface area (Å²) in [5.41, 5.74) is 1.27. The summed E-state index contributed by atoms with van der Waals surface area (Å²) in [6, 6.07) is 10.6. The molecule has 0 bridgehead atoms. The van der Waals surface area contributed by atoms with E-state index < -0.39 is 20.9 Å². The quantitative estimate of drug-likeness (QED) is 0.498. The van der Waals surface area contributed by atoms with Crippen molar-refractivity contribution < 1.29 is 18.1 Å². The number of nitro groups is 1. The zero-order valence-electron chi connectivity index (χ0n) is 14.1. The van der Waals surface area contributed by atoms with E-state index in [9.17, 15) is 23.3 Å². The largest absolute Gasteiger partial charge is 0.387 e. The number of nitro benzene ring substituents is 1. The Balaban J connectivity index is 2.22. The fourth-order valence-corrected chi connectivity index (χ4v) is 2.89. The van der Waals surface area contributed by atoms with Gasteiger partial charge in [-0.2, -0.15) is 0 Å². The van der Waals surface area contributed by atoms with Crippen molar-refractivity contribution in [1.29, 1.82) is 0 Å². The van der Waals surface area contributed by atoms with Gasteiger partial charge in [0.2, 0.25) is 10.0 Å². The second-order valence-electron chi connectivity index (χ2n) is 5.45. The van der Waals surface area contributed by atoms with Gasteiger partial charge in [0.25, 0.3) is 11.6 Å². The first-order valence-corrected chi connectivity index (χ1v) is 9.40. The Kier molecular flexibility index (Phi) is 5.78. The van der Waals surface area contributed by atoms with Crippen molar-refractivity contribution >= 4 is 33.0 Å². The standard InChI is InChI=1S/C16H18N4O5S/c1-17-15-8-7-12(20(22)23)9-13(15)16(21)18-10-11-5-3-4-6-14(11)19-26(2,24)25/h3-9,17,19H,10H2,1-2H3,(H,18,21). The highest BCUT2D eigenvalue weighted by atomic mass is 32.2. The van der Waals surface area contributed by atoms with Crippen LogP contribution >= 0.6 is 0 Å². The molecule has 26 heavy (non-hydrogen) atoms. The normalized spacial score (nSPS) is 10.8. The number of carbonyl (C=O) groups excluding carboxylic acids is 1. The van der Waals surface area contributed by atoms with Gasteiger partial charge < -0.3 is 10.6 Å². The number of benzene rings is 2. The molecule has 2 rings (SSSR count). The van der Waals surface area contributed by atoms with Crippen molar-refractivity contribution in [3.63, 3.8) is 0 Å². The van der Waals surface area contributed by atoms with E-state index in [-0.39, 0.29) is 17.8 Å². The highest BCUT2D eigenvalue weighted by Crippen LogP contribution is 2.22. The molecule has 1 amide bonds. The fourth-order valence-electron chi connectivity index (χ4n) is 2.30. The molecule has 3 N–H and O–H groups in total. The Morgan fingerprint density at radius 1 is 1.15 bits per heavy atom. The van der Waals surface area contributed by atoms with Gasteiger partial charge in [-0.3, -0.25) is 19.6 Å². The van der Waals surface area contributed by atoms with E-state index in [1.54, 1.807) is 31.3 Å². The van der Waals surface area contributed by atoms with Gasteiger partial charge in [-0.05, 0) is 17.7 Å². The van der Waals surface area contributed by atoms with E-state index >= 15 is 0 Å². The number of anilines is 2. The SMILES string of the molecule is CNc1ccc([N+](=O)[O-])cc1C(=O)NCc1ccccc1NS(C)(=O)=O. The number of hydrogen-bond acceptors (Lipinski definition) is 6. The lowest BCUT2D eigenvalue weighted by atomic mass is 10.1. The van der Waals surface area contributed by atoms with Crippen molar-refractivity contribution in [3.8, 4) is 0 Å². The smallest absolute Gasteiger partial charge is 0.270 e. The van der Waals surface area contributed by atoms with E-state index in [1.165, 1.54) is 18.2 Å². The highest BCUT2D eigenvalue weighted by molar-refractivity contribution is 7.92. The second kappa shape index (κ2) is 7.83. The maximum atomic E-state index is 12.5. The zero-order chi connectivity index (χ0) is 19.3. The van der Waals surface area contributed by atoms with E-state index in [2.05, 4.69) is 15.4 Å². The van der Waals surface area contributed by atoms with Crippen molar-refractivity contribution in [2.24, 2.45) is 0 Å². The molecule has 0 fully saturated rings. The van der Waals surface area contributed by atoms with Gasteiger partial charge in [0, 0.05) is 31.4 Å². The molecule has 0 aliphatic heterocycles. The van der Waals surface area contributed by atoms with Crippen LogP contribution in [0.2, 0.25) is 0 Å². The molecule has 2 aromatic carbocycles. The third-order valence-corrected chi connectivity index (χ3v) is 4.07. The van der Waals surface area contributed by atoms with Crippen LogP contribution in [0.1, 0.15) is 15.9 Å². The molecule has 9 nitrogen and oxygen atoms in total. The van der Waals surface area contributed by atoms with Crippen molar-refractivity contribution in [2.75, 3.05) is 23.3 Å². The average molecular weight is 378 g/mol. The molecular formula is C16H18N4O5S. The van der Waals surface area contributed by atoms with Gasteiger partial charge in [-0.15, -0.1) is 0 Å². The lowest BCUT2D eigenvalue weighted by Crippen LogP contribution is -2.24. The molecule has 2 aromatic rings. The van der Waals surface area contributed by atoms with Gasteiger partial charge in [0.05, 0.1) is 22.4 Å². The van der Waals surface area contributed by atoms with Gasteiger partial charge in [0.15, 0.2) is 0 Å². The number of sulfonamides is 1. The van der Waals surface area contributed by atoms with E-state index in [4.69, 9.17) is 0 Å². The molecule has 10 heteroatoms. The van der Waals surface area contributed by atoms with Crippen molar-refractivity contribution in [2.45, 2.75) is 6.54 Å². The summed E-state index contributed by atoms with van der Waals surface area (Å²) in [7, 11) is -1.86. The summed E-state index contributed by atoms with van der Waals surface area (Å²) in [6.45, 7) is 0.0450. The maximum Gasteiger partial charge on any atom is 0.270 e. The third-order valence-electron chi connectivity index (χ3n) is 3.48. The Morgan fingerprint density at radius 3 is 2.46 bits per heavy atom. The summed E-state index contributed by atoms with van der Waals surface area (Å²) in [6.07, 6.45) is 1.03. The van der Waals surface area contributed by atoms with E-state index in [0.717, 1.165) is 6.26 Å². The van der Waals surface area contributed by atoms with Gasteiger partial charge in [0.1, 0.15) is 0 Å². The summed E-state index contributed by atoms with van der Waals surface area (Å²) < 4.78 is 25.2. The molecule has 0 aromatic heterocycles. The van der Waals surface area contributed by atoms with Crippen LogP contribution in [0.25, 0.3) is 0 Å². The van der Waals surface area contributed by atoms with E-state index in [1.807, 2.05) is 0 Å². The van der Waals surface area contributed by atoms with E-state index in [0.29, 0.717) is 16.9 Å². The summed E-state index contributed by atoms with van der Waals surface area (Å²) >= 11 is 0. The molecule has 0 aliphatic carbocycles. The Morgan fingerprint density at radius 2 is 1.85 bits per heavy atom. The highest BCUT2D eigenvalue weighted by Gasteiger charge is 2.16. The van der Waals surface area contributed by atoms with Gasteiger partial charge in [-0.25, -0.2) is 8.42 Å². The fraction of sp³-hybridized carbons (Fsp3) is 0.188. The Bertz CT molecular complexity index is 943. The molecule has 0 aliphatic rings. The molecule has 0 unspecified atom stereocenters. The molecule has 0 atom stereocenters. The van der Waals surface area contributed by atoms with Crippen molar-refractivity contribution in [3.05, 3.63) is 63.7 Å². The minimum atomic E-state index is -3.46. The van der Waals surface area contributed by atoms with Crippen LogP contribution in [0.15, 0.2) is 42.5 Å². The predicted molar refractivity (Wildman–Crippen MR) is 98.7 cm³/mol. The zero-order valence-corrected chi connectivity index (χ0v) is 15.0. The Labute approximate surface area is 150 Å². The lowest BCUT2D eigenvalue weighted by molar-refractivity contribution is -0.384. The number of nitrogens with zero attached hydrogens (tertiary/aromatic N) is 1. The number of non-ortho nitro benzene ring substituents is 1. The summed E-state index contributed by atoms with van der Waals surface area (Å²) in [5.74, 6) is -0.521. The van der Waals surface area contributed by atoms with Crippen LogP contribution in [0, 0.1) is 10.1 Å². The van der Waals surface area contributed by atoms with Crippen molar-refractivity contribution in [1.82, 2.24) is 5.32 Å². The van der Waals surface area contributed by atoms with Gasteiger partial charge >= 0.3 is 0 Å². The first-order chi connectivity index (χ1) is 12.2. The first kappa shape index (κ1) is 19.2. The van der Waals surface area contributed by atoms with Crippen LogP contribution in [0.5, 0.6) is 0 Å². The molecule has 0 spiro atoms. The molecule has 0 saturated heterocycles. The lowest BCUT2D eigenvalue weighted by Gasteiger charge is -2.13. The number of amides is 1. The number of carbonyl (C=O) groups is 1. The molecular weight excluding hydrogens is 360 g/mol. The van der Waals surface area contributed by atoms with Crippen LogP contribution in [0.4, 0.5) is 17.1 Å². The molecule has 138 valence electrons. The maximum absolute atomic E-state index is 12.5. The van der Waals surface area contributed by atoms with Crippen LogP contribution < -0.4 is 15.4 Å². The molecule has 0 heterocycles. The topological polar surface area (TPSA) is 130 Å². The number of hydrogen-bond donors (Lipinski definition) is 3. The summed E-state index contributed by atoms with van der Waals surface area (Å²) in [4.78, 5) is 22.8. The number of rotatable bonds is 7. The monoisotopic (exact) mass is 378 g/mol. The minimum absolute atomic E-state index is 0.0450. The number of nitrogens with one attached hydrogen (secondary N) is 3. The minimum Gasteiger partial charge on any atom is -0.387 e. The number of para-hydroxylation sites is 1. The summed E-state index contributed by atoms with van der Waals surface area (Å²) in [5, 5.41) is 16.4. The molecule has 0 saturated carbocycles. The van der Waals surface area contributed by atoms with Crippen LogP contribution in [0.3, 0.4) is 0 Å². The van der Waals surface area contributed by atoms with Gasteiger partial charge in [-0.1, -0.05) is 18.2 Å². The van der Waals surface area contributed by atoms with Crippen LogP contribution in [-0.2, 0) is 16.6 Å². The average Bonchev–Trinajstić information content (AvgIpc) is 2.58. The molecule has 0 radical (unpaired) electrons. The second-order valence-corrected chi connectivity index (χ2v) is 7.20. The third kappa shape index (κ3) is 4.93. The predicted octanol–water partition coefficient (Wildman–Crippen LogP) is 1.94.